The number of nitrogens with one attached hydrogen (secondary N) is 2. The highest BCUT2D eigenvalue weighted by Gasteiger charge is 2.15. The molecule has 0 aromatic carbocycles. The van der Waals surface area contributed by atoms with Crippen LogP contribution in [0.5, 0.6) is 0 Å². The summed E-state index contributed by atoms with van der Waals surface area (Å²) in [6, 6.07) is 0. The van der Waals surface area contributed by atoms with Crippen molar-refractivity contribution in [3.05, 3.63) is 20.8 Å². The standard InChI is InChI=1S/C13H24N4O4/c1-8(2)6-17-11(14)10(12(18)16-13(17)19)15-5-9(21-4)7-20-3/h8-9,15H,5-7,14H2,1-4H3,(H,16,18,19). The molecule has 0 saturated carbocycles. The average Bonchev–Trinajstić information content (AvgIpc) is 2.41. The third-order valence-electron chi connectivity index (χ3n) is 2.98. The molecule has 4 N–H and O–H groups in total. The maximum atomic E-state index is 11.9. The van der Waals surface area contributed by atoms with Crippen LogP contribution in [0.1, 0.15) is 13.8 Å². The van der Waals surface area contributed by atoms with Gasteiger partial charge in [0, 0.05) is 27.3 Å². The number of methoxy groups -OCH3 is 2. The normalized spacial score (nSPS) is 12.6. The van der Waals surface area contributed by atoms with Crippen LogP contribution in [0.15, 0.2) is 9.59 Å². The molecular formula is C13H24N4O4. The van der Waals surface area contributed by atoms with Gasteiger partial charge in [-0.1, -0.05) is 13.8 Å². The van der Waals surface area contributed by atoms with Crippen LogP contribution in [-0.4, -0.2) is 43.0 Å². The van der Waals surface area contributed by atoms with Gasteiger partial charge in [0.1, 0.15) is 11.5 Å². The quantitative estimate of drug-likeness (QED) is 0.615. The van der Waals surface area contributed by atoms with Gasteiger partial charge in [-0.15, -0.1) is 0 Å². The van der Waals surface area contributed by atoms with Crippen LogP contribution in [0.3, 0.4) is 0 Å². The van der Waals surface area contributed by atoms with Crippen molar-refractivity contribution >= 4 is 11.5 Å². The summed E-state index contributed by atoms with van der Waals surface area (Å²) < 4.78 is 11.6. The van der Waals surface area contributed by atoms with Gasteiger partial charge >= 0.3 is 5.69 Å². The van der Waals surface area contributed by atoms with Gasteiger partial charge in [0.25, 0.3) is 5.56 Å². The molecule has 0 amide bonds. The Labute approximate surface area is 123 Å². The van der Waals surface area contributed by atoms with Gasteiger partial charge in [-0.3, -0.25) is 14.3 Å². The fourth-order valence-corrected chi connectivity index (χ4v) is 1.92. The first-order valence-corrected chi connectivity index (χ1v) is 6.78. The van der Waals surface area contributed by atoms with Crippen molar-refractivity contribution in [2.24, 2.45) is 5.92 Å². The summed E-state index contributed by atoms with van der Waals surface area (Å²) in [5.41, 5.74) is 5.08. The molecule has 0 spiro atoms. The van der Waals surface area contributed by atoms with Gasteiger partial charge in [-0.2, -0.15) is 0 Å². The molecule has 1 rings (SSSR count). The van der Waals surface area contributed by atoms with Crippen LogP contribution in [-0.2, 0) is 16.0 Å². The molecular weight excluding hydrogens is 276 g/mol. The molecule has 8 heteroatoms. The molecule has 1 aromatic rings. The summed E-state index contributed by atoms with van der Waals surface area (Å²) >= 11 is 0. The first-order valence-electron chi connectivity index (χ1n) is 6.78. The lowest BCUT2D eigenvalue weighted by Crippen LogP contribution is -2.36. The number of aromatic amines is 1. The highest BCUT2D eigenvalue weighted by molar-refractivity contribution is 5.60. The number of nitrogens with zero attached hydrogens (tertiary/aromatic N) is 1. The van der Waals surface area contributed by atoms with Gasteiger partial charge in [-0.25, -0.2) is 4.79 Å². The zero-order chi connectivity index (χ0) is 16.0. The number of hydrogen-bond donors (Lipinski definition) is 3. The van der Waals surface area contributed by atoms with Gasteiger partial charge in [-0.05, 0) is 5.92 Å². The number of hydrogen-bond acceptors (Lipinski definition) is 6. The first-order chi connectivity index (χ1) is 9.90. The maximum absolute atomic E-state index is 11.9. The minimum absolute atomic E-state index is 0.129. The Morgan fingerprint density at radius 3 is 2.52 bits per heavy atom. The summed E-state index contributed by atoms with van der Waals surface area (Å²) in [5.74, 6) is 0.355. The van der Waals surface area contributed by atoms with E-state index < -0.39 is 11.2 Å². The lowest BCUT2D eigenvalue weighted by molar-refractivity contribution is 0.0365. The molecule has 1 heterocycles. The molecule has 0 bridgehead atoms. The minimum atomic E-state index is -0.537. The van der Waals surface area contributed by atoms with E-state index in [1.807, 2.05) is 13.8 Å². The van der Waals surface area contributed by atoms with E-state index in [0.717, 1.165) is 0 Å². The van der Waals surface area contributed by atoms with E-state index in [2.05, 4.69) is 10.3 Å². The molecule has 1 aromatic heterocycles. The van der Waals surface area contributed by atoms with Crippen LogP contribution in [0.2, 0.25) is 0 Å². The number of aromatic nitrogens is 2. The van der Waals surface area contributed by atoms with Crippen molar-refractivity contribution in [1.29, 1.82) is 0 Å². The second kappa shape index (κ2) is 7.84. The van der Waals surface area contributed by atoms with Crippen LogP contribution >= 0.6 is 0 Å². The van der Waals surface area contributed by atoms with Crippen LogP contribution in [0.25, 0.3) is 0 Å². The number of ether oxygens (including phenoxy) is 2. The summed E-state index contributed by atoms with van der Waals surface area (Å²) in [5, 5.41) is 2.92. The number of rotatable bonds is 8. The Morgan fingerprint density at radius 1 is 1.33 bits per heavy atom. The van der Waals surface area contributed by atoms with Gasteiger partial charge in [0.05, 0.1) is 12.7 Å². The molecule has 8 nitrogen and oxygen atoms in total. The Bertz CT molecular complexity index is 564. The predicted octanol–water partition coefficient (Wildman–Crippen LogP) is -0.152. The second-order valence-corrected chi connectivity index (χ2v) is 5.22. The molecule has 0 aliphatic carbocycles. The fourth-order valence-electron chi connectivity index (χ4n) is 1.92. The zero-order valence-electron chi connectivity index (χ0n) is 12.9. The molecule has 21 heavy (non-hydrogen) atoms. The Hall–Kier alpha value is -1.80. The smallest absolute Gasteiger partial charge is 0.330 e. The van der Waals surface area contributed by atoms with E-state index in [9.17, 15) is 9.59 Å². The van der Waals surface area contributed by atoms with Crippen molar-refractivity contribution < 1.29 is 9.47 Å². The van der Waals surface area contributed by atoms with E-state index >= 15 is 0 Å². The third kappa shape index (κ3) is 4.61. The van der Waals surface area contributed by atoms with Crippen LogP contribution in [0, 0.1) is 5.92 Å². The van der Waals surface area contributed by atoms with Crippen molar-refractivity contribution in [3.63, 3.8) is 0 Å². The lowest BCUT2D eigenvalue weighted by atomic mass is 10.2. The Balaban J connectivity index is 3.01. The Morgan fingerprint density at radius 2 is 2.00 bits per heavy atom. The SMILES string of the molecule is COCC(CNc1c(N)n(CC(C)C)c(=O)[nH]c1=O)OC. The van der Waals surface area contributed by atoms with E-state index in [-0.39, 0.29) is 23.5 Å². The van der Waals surface area contributed by atoms with Crippen LogP contribution < -0.4 is 22.3 Å². The number of nitrogen functional groups attached to an aromatic ring is 1. The molecule has 0 saturated heterocycles. The molecule has 0 fully saturated rings. The van der Waals surface area contributed by atoms with E-state index in [4.69, 9.17) is 15.2 Å². The van der Waals surface area contributed by atoms with Crippen molar-refractivity contribution in [2.45, 2.75) is 26.5 Å². The molecule has 1 atom stereocenters. The molecule has 1 unspecified atom stereocenters. The molecule has 120 valence electrons. The lowest BCUT2D eigenvalue weighted by Gasteiger charge is -2.18. The highest BCUT2D eigenvalue weighted by Crippen LogP contribution is 2.12. The Kier molecular flexibility index (Phi) is 6.44. The van der Waals surface area contributed by atoms with Crippen molar-refractivity contribution in [3.8, 4) is 0 Å². The first kappa shape index (κ1) is 17.3. The topological polar surface area (TPSA) is 111 Å². The minimum Gasteiger partial charge on any atom is -0.383 e. The summed E-state index contributed by atoms with van der Waals surface area (Å²) in [6.07, 6.45) is -0.223. The number of anilines is 2. The molecule has 0 aliphatic rings. The monoisotopic (exact) mass is 300 g/mol. The summed E-state index contributed by atoms with van der Waals surface area (Å²) in [4.78, 5) is 25.9. The highest BCUT2D eigenvalue weighted by atomic mass is 16.5. The number of nitrogens with two attached hydrogens (primary N) is 1. The predicted molar refractivity (Wildman–Crippen MR) is 81.7 cm³/mol. The average molecular weight is 300 g/mol. The summed E-state index contributed by atoms with van der Waals surface area (Å²) in [6.45, 7) is 5.08. The number of H-pyrrole nitrogens is 1. The van der Waals surface area contributed by atoms with Gasteiger partial charge < -0.3 is 20.5 Å². The maximum Gasteiger partial charge on any atom is 0.330 e. The second-order valence-electron chi connectivity index (χ2n) is 5.22. The fraction of sp³-hybridized carbons (Fsp3) is 0.692. The van der Waals surface area contributed by atoms with E-state index in [1.165, 1.54) is 4.57 Å². The molecule has 0 aliphatic heterocycles. The van der Waals surface area contributed by atoms with E-state index in [0.29, 0.717) is 19.7 Å². The van der Waals surface area contributed by atoms with Crippen molar-refractivity contribution in [2.75, 3.05) is 38.4 Å². The molecule has 0 radical (unpaired) electrons. The zero-order valence-corrected chi connectivity index (χ0v) is 12.9. The van der Waals surface area contributed by atoms with Gasteiger partial charge in [0.15, 0.2) is 0 Å². The van der Waals surface area contributed by atoms with E-state index in [1.54, 1.807) is 14.2 Å². The summed E-state index contributed by atoms with van der Waals surface area (Å²) in [7, 11) is 3.12. The third-order valence-corrected chi connectivity index (χ3v) is 2.98. The van der Waals surface area contributed by atoms with Crippen molar-refractivity contribution in [1.82, 2.24) is 9.55 Å². The largest absolute Gasteiger partial charge is 0.383 e. The van der Waals surface area contributed by atoms with Crippen LogP contribution in [0.4, 0.5) is 11.5 Å². The van der Waals surface area contributed by atoms with Gasteiger partial charge in [0.2, 0.25) is 0 Å².